The molecule has 0 spiro atoms. The third kappa shape index (κ3) is 5.10. The van der Waals surface area contributed by atoms with E-state index >= 15 is 0 Å². The third-order valence-electron chi connectivity index (χ3n) is 6.29. The van der Waals surface area contributed by atoms with E-state index in [-0.39, 0.29) is 30.2 Å². The quantitative estimate of drug-likeness (QED) is 0.409. The number of anilines is 2. The van der Waals surface area contributed by atoms with Gasteiger partial charge in [-0.15, -0.1) is 11.3 Å². The number of hydrogen-bond donors (Lipinski definition) is 1. The number of ether oxygens (including phenoxy) is 1. The Bertz CT molecular complexity index is 1220. The van der Waals surface area contributed by atoms with Crippen LogP contribution in [0.2, 0.25) is 0 Å². The molecule has 6 nitrogen and oxygen atoms in total. The summed E-state index contributed by atoms with van der Waals surface area (Å²) in [6.45, 7) is 12.2. The van der Waals surface area contributed by atoms with E-state index < -0.39 is 6.10 Å². The van der Waals surface area contributed by atoms with Crippen molar-refractivity contribution >= 4 is 34.5 Å². The lowest BCUT2D eigenvalue weighted by Gasteiger charge is -2.34. The second-order valence-corrected chi connectivity index (χ2v) is 10.6. The number of carbonyl (C=O) groups is 2. The van der Waals surface area contributed by atoms with E-state index in [1.807, 2.05) is 43.5 Å². The van der Waals surface area contributed by atoms with E-state index in [2.05, 4.69) is 50.1 Å². The van der Waals surface area contributed by atoms with E-state index in [9.17, 15) is 9.59 Å². The molecule has 184 valence electrons. The Morgan fingerprint density at radius 1 is 1.14 bits per heavy atom. The summed E-state index contributed by atoms with van der Waals surface area (Å²) < 4.78 is 5.98. The van der Waals surface area contributed by atoms with Gasteiger partial charge in [0.1, 0.15) is 12.3 Å². The Morgan fingerprint density at radius 2 is 1.83 bits per heavy atom. The van der Waals surface area contributed by atoms with Gasteiger partial charge in [-0.05, 0) is 54.5 Å². The maximum atomic E-state index is 13.4. The van der Waals surface area contributed by atoms with Crippen LogP contribution in [-0.2, 0) is 9.59 Å². The lowest BCUT2D eigenvalue weighted by Crippen LogP contribution is -2.48. The first-order valence-corrected chi connectivity index (χ1v) is 13.0. The molecule has 1 N–H and O–H groups in total. The molecule has 1 aliphatic rings. The molecule has 2 heterocycles. The molecule has 1 atom stereocenters. The fraction of sp³-hybridized carbons (Fsp3) is 0.393. The first-order chi connectivity index (χ1) is 16.7. The first-order valence-electron chi connectivity index (χ1n) is 12.2. The number of benzene rings is 2. The zero-order chi connectivity index (χ0) is 25.3. The molecule has 2 amide bonds. The SMILES string of the molecule is CCC1Oc2ccc(-c3csc(C)n3)cc2N(CC(=O)Nc2c(C(C)C)cccc2C(C)C)C1=O. The van der Waals surface area contributed by atoms with Crippen LogP contribution < -0.4 is 15.0 Å². The summed E-state index contributed by atoms with van der Waals surface area (Å²) in [7, 11) is 0. The molecule has 4 rings (SSSR count). The van der Waals surface area contributed by atoms with Crippen molar-refractivity contribution in [2.75, 3.05) is 16.8 Å². The van der Waals surface area contributed by atoms with Crippen LogP contribution in [0.1, 0.15) is 69.0 Å². The number of rotatable bonds is 7. The normalized spacial score (nSPS) is 15.4. The van der Waals surface area contributed by atoms with Crippen molar-refractivity contribution in [2.45, 2.75) is 65.9 Å². The predicted octanol–water partition coefficient (Wildman–Crippen LogP) is 6.51. The Kier molecular flexibility index (Phi) is 7.26. The Hall–Kier alpha value is -3.19. The van der Waals surface area contributed by atoms with E-state index in [0.717, 1.165) is 33.1 Å². The number of para-hydroxylation sites is 1. The van der Waals surface area contributed by atoms with Gasteiger partial charge in [-0.1, -0.05) is 52.8 Å². The fourth-order valence-electron chi connectivity index (χ4n) is 4.42. The number of nitrogens with zero attached hydrogens (tertiary/aromatic N) is 2. The van der Waals surface area contributed by atoms with E-state index in [0.29, 0.717) is 17.9 Å². The summed E-state index contributed by atoms with van der Waals surface area (Å²) in [5.74, 6) is 0.672. The highest BCUT2D eigenvalue weighted by Gasteiger charge is 2.35. The van der Waals surface area contributed by atoms with Gasteiger partial charge >= 0.3 is 0 Å². The maximum Gasteiger partial charge on any atom is 0.268 e. The molecular formula is C28H33N3O3S. The lowest BCUT2D eigenvalue weighted by atomic mass is 9.92. The minimum Gasteiger partial charge on any atom is -0.478 e. The summed E-state index contributed by atoms with van der Waals surface area (Å²) in [4.78, 5) is 32.8. The van der Waals surface area contributed by atoms with Gasteiger partial charge in [0.15, 0.2) is 6.10 Å². The van der Waals surface area contributed by atoms with E-state index in [4.69, 9.17) is 4.74 Å². The Labute approximate surface area is 211 Å². The van der Waals surface area contributed by atoms with Crippen LogP contribution in [0.15, 0.2) is 41.8 Å². The van der Waals surface area contributed by atoms with Crippen molar-refractivity contribution in [2.24, 2.45) is 0 Å². The van der Waals surface area contributed by atoms with Gasteiger partial charge in [-0.25, -0.2) is 4.98 Å². The van der Waals surface area contributed by atoms with Crippen molar-refractivity contribution in [3.8, 4) is 17.0 Å². The van der Waals surface area contributed by atoms with Crippen molar-refractivity contribution < 1.29 is 14.3 Å². The largest absolute Gasteiger partial charge is 0.478 e. The molecule has 35 heavy (non-hydrogen) atoms. The first kappa shape index (κ1) is 24.9. The maximum absolute atomic E-state index is 13.4. The molecule has 1 aliphatic heterocycles. The molecule has 3 aromatic rings. The minimum absolute atomic E-state index is 0.0881. The molecule has 0 aliphatic carbocycles. The van der Waals surface area contributed by atoms with Crippen molar-refractivity contribution in [3.63, 3.8) is 0 Å². The van der Waals surface area contributed by atoms with Crippen LogP contribution in [-0.4, -0.2) is 29.4 Å². The van der Waals surface area contributed by atoms with Crippen LogP contribution in [0.5, 0.6) is 5.75 Å². The Morgan fingerprint density at radius 3 is 2.40 bits per heavy atom. The topological polar surface area (TPSA) is 71.5 Å². The number of carbonyl (C=O) groups excluding carboxylic acids is 2. The molecule has 1 unspecified atom stereocenters. The summed E-state index contributed by atoms with van der Waals surface area (Å²) in [5, 5.41) is 6.10. The molecule has 0 saturated carbocycles. The van der Waals surface area contributed by atoms with Gasteiger partial charge in [-0.3, -0.25) is 14.5 Å². The second-order valence-electron chi connectivity index (χ2n) is 9.54. The fourth-order valence-corrected chi connectivity index (χ4v) is 5.04. The van der Waals surface area contributed by atoms with Crippen molar-refractivity contribution in [3.05, 3.63) is 57.9 Å². The van der Waals surface area contributed by atoms with Gasteiger partial charge in [0.2, 0.25) is 5.91 Å². The molecule has 0 saturated heterocycles. The van der Waals surface area contributed by atoms with Crippen LogP contribution in [0.3, 0.4) is 0 Å². The summed E-state index contributed by atoms with van der Waals surface area (Å²) in [6.07, 6.45) is -0.0891. The van der Waals surface area contributed by atoms with Gasteiger partial charge in [0.25, 0.3) is 5.91 Å². The van der Waals surface area contributed by atoms with Crippen LogP contribution >= 0.6 is 11.3 Å². The summed E-state index contributed by atoms with van der Waals surface area (Å²) in [5.41, 5.74) is 5.35. The van der Waals surface area contributed by atoms with Gasteiger partial charge < -0.3 is 10.1 Å². The Balaban J connectivity index is 1.67. The van der Waals surface area contributed by atoms with Crippen molar-refractivity contribution in [1.82, 2.24) is 4.98 Å². The zero-order valence-corrected chi connectivity index (χ0v) is 22.0. The van der Waals surface area contributed by atoms with Gasteiger partial charge in [0.05, 0.1) is 16.4 Å². The van der Waals surface area contributed by atoms with Crippen LogP contribution in [0, 0.1) is 6.92 Å². The van der Waals surface area contributed by atoms with Crippen LogP contribution in [0.4, 0.5) is 11.4 Å². The smallest absolute Gasteiger partial charge is 0.268 e. The number of fused-ring (bicyclic) bond motifs is 1. The zero-order valence-electron chi connectivity index (χ0n) is 21.2. The predicted molar refractivity (Wildman–Crippen MR) is 143 cm³/mol. The highest BCUT2D eigenvalue weighted by molar-refractivity contribution is 7.09. The molecule has 1 aromatic heterocycles. The molecule has 0 bridgehead atoms. The highest BCUT2D eigenvalue weighted by Crippen LogP contribution is 2.39. The average Bonchev–Trinajstić information content (AvgIpc) is 3.26. The third-order valence-corrected chi connectivity index (χ3v) is 7.06. The number of aryl methyl sites for hydroxylation is 1. The summed E-state index contributed by atoms with van der Waals surface area (Å²) >= 11 is 1.57. The average molecular weight is 492 g/mol. The highest BCUT2D eigenvalue weighted by atomic mass is 32.1. The number of thiazole rings is 1. The van der Waals surface area contributed by atoms with E-state index in [1.54, 1.807) is 16.2 Å². The number of aromatic nitrogens is 1. The standard InChI is InChI=1S/C28H33N3O3S/c1-7-24-28(33)31(23-13-19(11-12-25(23)34-24)22-15-35-18(6)29-22)14-26(32)30-27-20(16(2)3)9-8-10-21(27)17(4)5/h8-13,15-17,24H,7,14H2,1-6H3,(H,30,32). The summed E-state index contributed by atoms with van der Waals surface area (Å²) in [6, 6.07) is 11.8. The molecule has 7 heteroatoms. The van der Waals surface area contributed by atoms with E-state index in [1.165, 1.54) is 0 Å². The molecule has 0 fully saturated rings. The van der Waals surface area contributed by atoms with Crippen LogP contribution in [0.25, 0.3) is 11.3 Å². The van der Waals surface area contributed by atoms with Gasteiger partial charge in [0, 0.05) is 16.6 Å². The number of amides is 2. The monoisotopic (exact) mass is 491 g/mol. The number of hydrogen-bond acceptors (Lipinski definition) is 5. The second kappa shape index (κ2) is 10.2. The van der Waals surface area contributed by atoms with Crippen molar-refractivity contribution in [1.29, 1.82) is 0 Å². The molecule has 0 radical (unpaired) electrons. The minimum atomic E-state index is -0.614. The molecular weight excluding hydrogens is 458 g/mol. The van der Waals surface area contributed by atoms with Gasteiger partial charge in [-0.2, -0.15) is 0 Å². The number of nitrogens with one attached hydrogen (secondary N) is 1. The molecule has 2 aromatic carbocycles. The lowest BCUT2D eigenvalue weighted by molar-refractivity contribution is -0.128.